The summed E-state index contributed by atoms with van der Waals surface area (Å²) in [7, 11) is 0. The number of H-pyrrole nitrogens is 1. The number of carbonyl (C=O) groups excluding carboxylic acids is 2. The van der Waals surface area contributed by atoms with E-state index in [1.165, 1.54) is 10.9 Å². The van der Waals surface area contributed by atoms with Crippen molar-refractivity contribution in [3.8, 4) is 0 Å². The highest BCUT2D eigenvalue weighted by Crippen LogP contribution is 2.31. The second kappa shape index (κ2) is 17.9. The third-order valence-corrected chi connectivity index (χ3v) is 9.92. The number of aromatic nitrogens is 4. The molecule has 53 heavy (non-hydrogen) atoms. The van der Waals surface area contributed by atoms with Crippen LogP contribution in [0.15, 0.2) is 17.4 Å². The zero-order valence-corrected chi connectivity index (χ0v) is 28.9. The summed E-state index contributed by atoms with van der Waals surface area (Å²) in [6.07, 6.45) is -8.59. The molecule has 2 aromatic heterocycles. The molecule has 23 heteroatoms. The highest BCUT2D eigenvalue weighted by molar-refractivity contribution is 5.82. The summed E-state index contributed by atoms with van der Waals surface area (Å²) >= 11 is 0. The Morgan fingerprint density at radius 1 is 0.962 bits per heavy atom. The summed E-state index contributed by atoms with van der Waals surface area (Å²) in [6, 6.07) is -4.10. The molecule has 2 aromatic rings. The number of ether oxygens (including phenoxy) is 3. The van der Waals surface area contributed by atoms with Crippen LogP contribution < -0.4 is 50.2 Å². The lowest BCUT2D eigenvalue weighted by atomic mass is 9.82. The SMILES string of the molecule is NC[C@H]1O[C@H](O[C@H]2[C@@H](NCCNC(=O)[C@@H](N)CCCCNC(=O)[C@H]3O[C@@H](n4cnc5c(=O)[nH]cnc54)[C@H](O)[C@@H]3O)[C@@H](O)[C@H](N)C[C@@H]2N)[C@H](N)[C@@H](O)[C@@H]1O. The van der Waals surface area contributed by atoms with Gasteiger partial charge in [-0.1, -0.05) is 0 Å². The van der Waals surface area contributed by atoms with Gasteiger partial charge in [0.25, 0.3) is 11.5 Å². The van der Waals surface area contributed by atoms with Crippen LogP contribution in [0.5, 0.6) is 0 Å². The minimum Gasteiger partial charge on any atom is -0.390 e. The van der Waals surface area contributed by atoms with Crippen molar-refractivity contribution < 1.29 is 49.3 Å². The summed E-state index contributed by atoms with van der Waals surface area (Å²) in [5.74, 6) is -1.08. The number of fused-ring (bicyclic) bond motifs is 1. The Hall–Kier alpha value is -3.27. The topological polar surface area (TPSA) is 393 Å². The summed E-state index contributed by atoms with van der Waals surface area (Å²) in [6.45, 7) is 0.377. The predicted molar refractivity (Wildman–Crippen MR) is 183 cm³/mol. The van der Waals surface area contributed by atoms with Gasteiger partial charge in [0.05, 0.1) is 43.0 Å². The van der Waals surface area contributed by atoms with Crippen LogP contribution in [0.1, 0.15) is 31.9 Å². The lowest BCUT2D eigenvalue weighted by Crippen LogP contribution is -2.70. The molecular weight excluding hydrogens is 704 g/mol. The molecule has 1 aliphatic carbocycles. The van der Waals surface area contributed by atoms with Crippen molar-refractivity contribution in [1.29, 1.82) is 0 Å². The Morgan fingerprint density at radius 2 is 1.72 bits per heavy atom. The summed E-state index contributed by atoms with van der Waals surface area (Å²) in [5.41, 5.74) is 29.8. The molecule has 15 atom stereocenters. The molecule has 0 bridgehead atoms. The number of unbranched alkanes of at least 4 members (excludes halogenated alkanes) is 1. The van der Waals surface area contributed by atoms with E-state index in [2.05, 4.69) is 30.9 Å². The monoisotopic (exact) mass is 756 g/mol. The number of carbonyl (C=O) groups is 2. The number of hydrogen-bond donors (Lipinski definition) is 14. The second-order valence-corrected chi connectivity index (χ2v) is 13.6. The second-order valence-electron chi connectivity index (χ2n) is 13.6. The lowest BCUT2D eigenvalue weighted by Gasteiger charge is -2.47. The molecule has 19 N–H and O–H groups in total. The number of aliphatic hydroxyl groups excluding tert-OH is 5. The van der Waals surface area contributed by atoms with Crippen LogP contribution in [0.2, 0.25) is 0 Å². The highest BCUT2D eigenvalue weighted by Gasteiger charge is 2.49. The average molecular weight is 757 g/mol. The molecule has 0 radical (unpaired) electrons. The maximum atomic E-state index is 12.8. The number of hydrogen-bond acceptors (Lipinski definition) is 19. The Labute approximate surface area is 302 Å². The first kappa shape index (κ1) is 40.9. The van der Waals surface area contributed by atoms with Gasteiger partial charge in [0.2, 0.25) is 5.91 Å². The molecular formula is C30H52N12O11. The maximum Gasteiger partial charge on any atom is 0.278 e. The molecule has 1 saturated carbocycles. The first-order valence-corrected chi connectivity index (χ1v) is 17.5. The maximum absolute atomic E-state index is 12.8. The van der Waals surface area contributed by atoms with E-state index in [0.717, 1.165) is 6.33 Å². The van der Waals surface area contributed by atoms with Crippen molar-refractivity contribution in [1.82, 2.24) is 35.5 Å². The molecule has 3 aliphatic rings. The van der Waals surface area contributed by atoms with Crippen molar-refractivity contribution in [2.75, 3.05) is 26.2 Å². The number of rotatable bonds is 15. The summed E-state index contributed by atoms with van der Waals surface area (Å²) in [5, 5.41) is 61.0. The van der Waals surface area contributed by atoms with Gasteiger partial charge >= 0.3 is 0 Å². The van der Waals surface area contributed by atoms with Crippen LogP contribution in [0.3, 0.4) is 0 Å². The number of aliphatic hydroxyl groups is 5. The van der Waals surface area contributed by atoms with Gasteiger partial charge in [-0.3, -0.25) is 19.0 Å². The van der Waals surface area contributed by atoms with Crippen LogP contribution >= 0.6 is 0 Å². The van der Waals surface area contributed by atoms with Gasteiger partial charge < -0.3 is 89.3 Å². The molecule has 0 unspecified atom stereocenters. The minimum absolute atomic E-state index is 0.00664. The summed E-state index contributed by atoms with van der Waals surface area (Å²) < 4.78 is 18.7. The first-order chi connectivity index (χ1) is 25.2. The van der Waals surface area contributed by atoms with Crippen LogP contribution in [-0.4, -0.2) is 168 Å². The molecule has 23 nitrogen and oxygen atoms in total. The molecule has 2 aliphatic heterocycles. The fourth-order valence-corrected chi connectivity index (χ4v) is 6.81. The molecule has 0 spiro atoms. The van der Waals surface area contributed by atoms with E-state index in [9.17, 15) is 39.9 Å². The Bertz CT molecular complexity index is 1580. The van der Waals surface area contributed by atoms with Gasteiger partial charge in [0.1, 0.15) is 30.5 Å². The van der Waals surface area contributed by atoms with Gasteiger partial charge in [0, 0.05) is 38.3 Å². The molecule has 4 heterocycles. The van der Waals surface area contributed by atoms with Crippen molar-refractivity contribution in [3.63, 3.8) is 0 Å². The third-order valence-electron chi connectivity index (χ3n) is 9.92. The number of aromatic amines is 1. The van der Waals surface area contributed by atoms with E-state index in [1.54, 1.807) is 0 Å². The fourth-order valence-electron chi connectivity index (χ4n) is 6.81. The largest absolute Gasteiger partial charge is 0.390 e. The summed E-state index contributed by atoms with van der Waals surface area (Å²) in [4.78, 5) is 47.8. The zero-order valence-electron chi connectivity index (χ0n) is 28.9. The average Bonchev–Trinajstić information content (AvgIpc) is 3.70. The van der Waals surface area contributed by atoms with Crippen molar-refractivity contribution in [3.05, 3.63) is 23.0 Å². The smallest absolute Gasteiger partial charge is 0.278 e. The van der Waals surface area contributed by atoms with E-state index in [0.29, 0.717) is 19.3 Å². The quantitative estimate of drug-likeness (QED) is 0.0750. The normalized spacial score (nSPS) is 36.7. The van der Waals surface area contributed by atoms with E-state index < -0.39 is 109 Å². The van der Waals surface area contributed by atoms with Crippen LogP contribution in [0, 0.1) is 0 Å². The van der Waals surface area contributed by atoms with Gasteiger partial charge in [-0.05, 0) is 25.7 Å². The Balaban J connectivity index is 1.01. The zero-order chi connectivity index (χ0) is 38.6. The van der Waals surface area contributed by atoms with Crippen LogP contribution in [0.4, 0.5) is 0 Å². The molecule has 298 valence electrons. The third kappa shape index (κ3) is 9.00. The van der Waals surface area contributed by atoms with Gasteiger partial charge in [-0.2, -0.15) is 0 Å². The van der Waals surface area contributed by atoms with Crippen LogP contribution in [0.25, 0.3) is 11.2 Å². The molecule has 2 saturated heterocycles. The van der Waals surface area contributed by atoms with Gasteiger partial charge in [0.15, 0.2) is 29.8 Å². The number of amides is 2. The van der Waals surface area contributed by atoms with Crippen LogP contribution in [-0.2, 0) is 23.8 Å². The van der Waals surface area contributed by atoms with Crippen molar-refractivity contribution in [2.45, 2.75) is 117 Å². The van der Waals surface area contributed by atoms with E-state index in [1.807, 2.05) is 0 Å². The fraction of sp³-hybridized carbons (Fsp3) is 0.767. The Morgan fingerprint density at radius 3 is 2.45 bits per heavy atom. The number of nitrogens with zero attached hydrogens (tertiary/aromatic N) is 3. The molecule has 3 fully saturated rings. The molecule has 0 aromatic carbocycles. The minimum atomic E-state index is -1.56. The number of nitrogens with one attached hydrogen (secondary N) is 4. The first-order valence-electron chi connectivity index (χ1n) is 17.5. The van der Waals surface area contributed by atoms with Crippen molar-refractivity contribution in [2.24, 2.45) is 28.7 Å². The van der Waals surface area contributed by atoms with E-state index in [-0.39, 0.29) is 43.8 Å². The standard InChI is InChI=1S/C30H52N12O11/c31-8-14-19(44)20(45)15(35)30(51-14)53-23-13(34)7-12(33)18(43)16(23)36-5-6-38-26(48)11(32)3-1-2-4-37-28(50)24-21(46)22(47)29(52-24)42-10-41-17-25(42)39-9-40-27(17)49/h9-16,18-24,29-30,36,43-47H,1-8,31-35H2,(H,37,50)(H,38,48)(H,39,40,49)/t11-,12+,13-,14+,15+,16-,18-,19+,20+,21-,22+,23+,24-,29+,30+/m0/s1. The van der Waals surface area contributed by atoms with Gasteiger partial charge in [-0.15, -0.1) is 0 Å². The number of imidazole rings is 1. The predicted octanol–water partition coefficient (Wildman–Crippen LogP) is -8.04. The van der Waals surface area contributed by atoms with E-state index >= 15 is 0 Å². The van der Waals surface area contributed by atoms with Crippen molar-refractivity contribution >= 4 is 23.0 Å². The highest BCUT2D eigenvalue weighted by atomic mass is 16.7. The van der Waals surface area contributed by atoms with Gasteiger partial charge in [-0.25, -0.2) is 9.97 Å². The number of nitrogens with two attached hydrogens (primary N) is 5. The van der Waals surface area contributed by atoms with E-state index in [4.69, 9.17) is 42.9 Å². The molecule has 5 rings (SSSR count). The molecule has 2 amide bonds. The lowest BCUT2D eigenvalue weighted by molar-refractivity contribution is -0.279. The Kier molecular flexibility index (Phi) is 13.8.